The summed E-state index contributed by atoms with van der Waals surface area (Å²) in [4.78, 5) is 0. The summed E-state index contributed by atoms with van der Waals surface area (Å²) in [6.45, 7) is 5.14. The van der Waals surface area contributed by atoms with Crippen LogP contribution >= 0.6 is 0 Å². The summed E-state index contributed by atoms with van der Waals surface area (Å²) in [5, 5.41) is 0. The van der Waals surface area contributed by atoms with Crippen LogP contribution in [0.2, 0.25) is 0 Å². The summed E-state index contributed by atoms with van der Waals surface area (Å²) in [7, 11) is 1.70. The summed E-state index contributed by atoms with van der Waals surface area (Å²) in [5.74, 6) is 2.53. The Bertz CT molecular complexity index is 650. The SMILES string of the molecule is CCC(C)c1ccc(OC(OC)C2CCOc3ccccc32)cc1. The molecule has 0 saturated carbocycles. The molecule has 0 aromatic heterocycles. The highest BCUT2D eigenvalue weighted by Gasteiger charge is 2.30. The molecule has 3 atom stereocenters. The molecular weight excluding hydrogens is 300 g/mol. The van der Waals surface area contributed by atoms with Crippen LogP contribution in [0.15, 0.2) is 48.5 Å². The molecular formula is C21H26O3. The van der Waals surface area contributed by atoms with E-state index in [1.807, 2.05) is 30.3 Å². The number of fused-ring (bicyclic) bond motifs is 1. The lowest BCUT2D eigenvalue weighted by Crippen LogP contribution is -2.31. The summed E-state index contributed by atoms with van der Waals surface area (Å²) in [6, 6.07) is 16.5. The average Bonchev–Trinajstić information content (AvgIpc) is 2.65. The van der Waals surface area contributed by atoms with Crippen LogP contribution in [0.5, 0.6) is 11.5 Å². The van der Waals surface area contributed by atoms with Crippen molar-refractivity contribution in [3.63, 3.8) is 0 Å². The molecule has 3 heteroatoms. The monoisotopic (exact) mass is 326 g/mol. The number of para-hydroxylation sites is 1. The van der Waals surface area contributed by atoms with E-state index in [-0.39, 0.29) is 12.2 Å². The number of hydrogen-bond donors (Lipinski definition) is 0. The highest BCUT2D eigenvalue weighted by atomic mass is 16.7. The zero-order valence-corrected chi connectivity index (χ0v) is 14.7. The minimum atomic E-state index is -0.315. The number of rotatable bonds is 6. The van der Waals surface area contributed by atoms with Crippen molar-refractivity contribution in [3.8, 4) is 11.5 Å². The molecule has 3 nitrogen and oxygen atoms in total. The smallest absolute Gasteiger partial charge is 0.206 e. The fourth-order valence-corrected chi connectivity index (χ4v) is 3.19. The van der Waals surface area contributed by atoms with Crippen LogP contribution in [0.4, 0.5) is 0 Å². The van der Waals surface area contributed by atoms with Gasteiger partial charge in [-0.3, -0.25) is 0 Å². The summed E-state index contributed by atoms with van der Waals surface area (Å²) >= 11 is 0. The molecule has 3 rings (SSSR count). The van der Waals surface area contributed by atoms with Gasteiger partial charge in [0.05, 0.1) is 12.5 Å². The molecule has 2 aromatic carbocycles. The fraction of sp³-hybridized carbons (Fsp3) is 0.429. The molecule has 24 heavy (non-hydrogen) atoms. The normalized spacial score (nSPS) is 19.0. The zero-order chi connectivity index (χ0) is 16.9. The van der Waals surface area contributed by atoms with Crippen molar-refractivity contribution in [3.05, 3.63) is 59.7 Å². The summed E-state index contributed by atoms with van der Waals surface area (Å²) in [6.07, 6.45) is 1.71. The molecule has 0 saturated heterocycles. The molecule has 0 amide bonds. The molecule has 0 aliphatic carbocycles. The third-order valence-corrected chi connectivity index (χ3v) is 4.88. The molecule has 0 fully saturated rings. The molecule has 1 aliphatic heterocycles. The second kappa shape index (κ2) is 7.71. The number of ether oxygens (including phenoxy) is 3. The van der Waals surface area contributed by atoms with Crippen LogP contribution in [-0.2, 0) is 4.74 Å². The summed E-state index contributed by atoms with van der Waals surface area (Å²) < 4.78 is 17.6. The molecule has 0 N–H and O–H groups in total. The van der Waals surface area contributed by atoms with Gasteiger partial charge in [0.15, 0.2) is 0 Å². The van der Waals surface area contributed by atoms with E-state index in [0.717, 1.165) is 29.9 Å². The average molecular weight is 326 g/mol. The second-order valence-corrected chi connectivity index (χ2v) is 6.38. The van der Waals surface area contributed by atoms with E-state index >= 15 is 0 Å². The highest BCUT2D eigenvalue weighted by molar-refractivity contribution is 5.38. The number of benzene rings is 2. The standard InChI is InChI=1S/C21H26O3/c1-4-15(2)16-9-11-17(12-10-16)24-21(22-3)19-13-14-23-20-8-6-5-7-18(19)20/h5-12,15,19,21H,4,13-14H2,1-3H3. The van der Waals surface area contributed by atoms with Gasteiger partial charge in [0, 0.05) is 12.7 Å². The van der Waals surface area contributed by atoms with Gasteiger partial charge in [0.1, 0.15) is 11.5 Å². The Labute approximate surface area is 144 Å². The molecule has 128 valence electrons. The highest BCUT2D eigenvalue weighted by Crippen LogP contribution is 2.37. The van der Waals surface area contributed by atoms with E-state index < -0.39 is 0 Å². The molecule has 0 bridgehead atoms. The van der Waals surface area contributed by atoms with Gasteiger partial charge in [-0.05, 0) is 42.5 Å². The third kappa shape index (κ3) is 3.57. The van der Waals surface area contributed by atoms with Crippen molar-refractivity contribution in [1.82, 2.24) is 0 Å². The Morgan fingerprint density at radius 1 is 1.12 bits per heavy atom. The van der Waals surface area contributed by atoms with Crippen molar-refractivity contribution >= 4 is 0 Å². The predicted octanol–water partition coefficient (Wildman–Crippen LogP) is 5.12. The van der Waals surface area contributed by atoms with E-state index in [4.69, 9.17) is 14.2 Å². The Kier molecular flexibility index (Phi) is 5.41. The Morgan fingerprint density at radius 2 is 1.88 bits per heavy atom. The van der Waals surface area contributed by atoms with Crippen LogP contribution in [-0.4, -0.2) is 20.0 Å². The van der Waals surface area contributed by atoms with Gasteiger partial charge in [-0.1, -0.05) is 44.2 Å². The van der Waals surface area contributed by atoms with Gasteiger partial charge in [0.25, 0.3) is 0 Å². The maximum Gasteiger partial charge on any atom is 0.206 e. The maximum atomic E-state index is 6.15. The topological polar surface area (TPSA) is 27.7 Å². The minimum Gasteiger partial charge on any atom is -0.493 e. The van der Waals surface area contributed by atoms with Gasteiger partial charge >= 0.3 is 0 Å². The quantitative estimate of drug-likeness (QED) is 0.690. The Hall–Kier alpha value is -2.00. The van der Waals surface area contributed by atoms with Crippen molar-refractivity contribution in [2.75, 3.05) is 13.7 Å². The third-order valence-electron chi connectivity index (χ3n) is 4.88. The molecule has 3 unspecified atom stereocenters. The fourth-order valence-electron chi connectivity index (χ4n) is 3.19. The van der Waals surface area contributed by atoms with Gasteiger partial charge < -0.3 is 14.2 Å². The molecule has 1 aliphatic rings. The first-order chi connectivity index (χ1) is 11.7. The Morgan fingerprint density at radius 3 is 2.58 bits per heavy atom. The van der Waals surface area contributed by atoms with E-state index in [1.165, 1.54) is 5.56 Å². The van der Waals surface area contributed by atoms with Crippen molar-refractivity contribution < 1.29 is 14.2 Å². The first-order valence-corrected chi connectivity index (χ1v) is 8.74. The van der Waals surface area contributed by atoms with Gasteiger partial charge in [0.2, 0.25) is 6.29 Å². The largest absolute Gasteiger partial charge is 0.493 e. The van der Waals surface area contributed by atoms with Crippen LogP contribution in [0.1, 0.15) is 49.7 Å². The van der Waals surface area contributed by atoms with E-state index in [9.17, 15) is 0 Å². The molecule has 1 heterocycles. The lowest BCUT2D eigenvalue weighted by atomic mass is 9.92. The van der Waals surface area contributed by atoms with Gasteiger partial charge in [-0.2, -0.15) is 0 Å². The molecule has 2 aromatic rings. The number of methoxy groups -OCH3 is 1. The lowest BCUT2D eigenvalue weighted by Gasteiger charge is -2.31. The van der Waals surface area contributed by atoms with E-state index in [2.05, 4.69) is 32.0 Å². The Balaban J connectivity index is 1.76. The molecule has 0 spiro atoms. The number of hydrogen-bond acceptors (Lipinski definition) is 3. The van der Waals surface area contributed by atoms with Crippen LogP contribution in [0.25, 0.3) is 0 Å². The summed E-state index contributed by atoms with van der Waals surface area (Å²) in [5.41, 5.74) is 2.50. The van der Waals surface area contributed by atoms with Crippen molar-refractivity contribution in [2.45, 2.75) is 44.8 Å². The van der Waals surface area contributed by atoms with Crippen LogP contribution in [0, 0.1) is 0 Å². The molecule has 0 radical (unpaired) electrons. The first-order valence-electron chi connectivity index (χ1n) is 8.74. The maximum absolute atomic E-state index is 6.15. The first kappa shape index (κ1) is 16.8. The zero-order valence-electron chi connectivity index (χ0n) is 14.7. The van der Waals surface area contributed by atoms with Crippen LogP contribution in [0.3, 0.4) is 0 Å². The van der Waals surface area contributed by atoms with E-state index in [0.29, 0.717) is 12.5 Å². The van der Waals surface area contributed by atoms with Gasteiger partial charge in [-0.25, -0.2) is 0 Å². The van der Waals surface area contributed by atoms with Crippen molar-refractivity contribution in [1.29, 1.82) is 0 Å². The second-order valence-electron chi connectivity index (χ2n) is 6.38. The van der Waals surface area contributed by atoms with E-state index in [1.54, 1.807) is 7.11 Å². The van der Waals surface area contributed by atoms with Crippen molar-refractivity contribution in [2.24, 2.45) is 0 Å². The minimum absolute atomic E-state index is 0.175. The lowest BCUT2D eigenvalue weighted by molar-refractivity contribution is -0.0780. The van der Waals surface area contributed by atoms with Gasteiger partial charge in [-0.15, -0.1) is 0 Å². The van der Waals surface area contributed by atoms with Crippen LogP contribution < -0.4 is 9.47 Å². The predicted molar refractivity (Wildman–Crippen MR) is 95.9 cm³/mol.